The number of hydrogen-bond donors (Lipinski definition) is 14. The van der Waals surface area contributed by atoms with E-state index in [4.69, 9.17) is 57.3 Å². The van der Waals surface area contributed by atoms with Crippen molar-refractivity contribution >= 4 is 70.6 Å². The molecule has 0 unspecified atom stereocenters. The molecule has 0 aliphatic carbocycles. The zero-order valence-electron chi connectivity index (χ0n) is 46.2. The molecule has 0 radical (unpaired) electrons. The lowest BCUT2D eigenvalue weighted by Crippen LogP contribution is -2.49. The lowest BCUT2D eigenvalue weighted by Gasteiger charge is -2.27. The quantitative estimate of drug-likeness (QED) is 0.0183. The number of hydrogen-bond acceptors (Lipinski definition) is 14. The monoisotopic (exact) mass is 1080 g/mol. The number of carbonyl (C=O) groups is 8. The summed E-state index contributed by atoms with van der Waals surface area (Å²) in [6, 6.07) is -3.88. The highest BCUT2D eigenvalue weighted by molar-refractivity contribution is 5.97. The minimum atomic E-state index is -1.18. The molecule has 76 heavy (non-hydrogen) atoms. The van der Waals surface area contributed by atoms with Crippen LogP contribution in [0.5, 0.6) is 0 Å². The van der Waals surface area contributed by atoms with Gasteiger partial charge in [-0.3, -0.25) is 58.3 Å². The Morgan fingerprint density at radius 3 is 1.09 bits per heavy atom. The highest BCUT2D eigenvalue weighted by Crippen LogP contribution is 2.23. The second-order valence-corrected chi connectivity index (χ2v) is 20.4. The first-order valence-electron chi connectivity index (χ1n) is 26.6. The van der Waals surface area contributed by atoms with Crippen molar-refractivity contribution in [2.24, 2.45) is 113 Å². The molecule has 24 N–H and O–H groups in total. The molecular formula is C50H96N18O8. The predicted molar refractivity (Wildman–Crippen MR) is 297 cm³/mol. The van der Waals surface area contributed by atoms with Gasteiger partial charge < -0.3 is 78.6 Å². The maximum Gasteiger partial charge on any atom is 0.224 e. The number of unbranched alkanes of at least 4 members (excludes halogenated alkanes) is 1. The molecule has 4 amide bonds. The van der Waals surface area contributed by atoms with Gasteiger partial charge in [-0.2, -0.15) is 0 Å². The summed E-state index contributed by atoms with van der Waals surface area (Å²) in [5.74, 6) is -8.26. The van der Waals surface area contributed by atoms with Crippen molar-refractivity contribution in [3.05, 3.63) is 0 Å². The van der Waals surface area contributed by atoms with Gasteiger partial charge in [0.25, 0.3) is 0 Å². The van der Waals surface area contributed by atoms with Crippen LogP contribution in [-0.4, -0.2) is 135 Å². The zero-order valence-corrected chi connectivity index (χ0v) is 46.2. The van der Waals surface area contributed by atoms with E-state index in [1.807, 2.05) is 27.7 Å². The van der Waals surface area contributed by atoms with Crippen LogP contribution in [0, 0.1) is 35.5 Å². The Morgan fingerprint density at radius 2 is 0.724 bits per heavy atom. The van der Waals surface area contributed by atoms with E-state index < -0.39 is 89.5 Å². The number of ketones is 4. The molecule has 0 aliphatic heterocycles. The fraction of sp³-hybridized carbons (Fsp3) is 0.760. The van der Waals surface area contributed by atoms with Gasteiger partial charge in [0.2, 0.25) is 23.6 Å². The second-order valence-electron chi connectivity index (χ2n) is 20.4. The lowest BCUT2D eigenvalue weighted by molar-refractivity contribution is -0.136. The molecule has 0 saturated carbocycles. The van der Waals surface area contributed by atoms with Crippen molar-refractivity contribution in [1.82, 2.24) is 21.3 Å². The Bertz CT molecular complexity index is 1950. The highest BCUT2D eigenvalue weighted by Gasteiger charge is 2.35. The minimum absolute atomic E-state index is 0.0147. The first kappa shape index (κ1) is 69.6. The number of likely N-dealkylation sites (N-methyl/N-ethyl adjacent to an activating group) is 1. The van der Waals surface area contributed by atoms with E-state index in [0.717, 1.165) is 0 Å². The number of nitrogens with zero attached hydrogens (tertiary/aromatic N) is 4. The molecule has 434 valence electrons. The Morgan fingerprint density at radius 1 is 0.395 bits per heavy atom. The summed E-state index contributed by atoms with van der Waals surface area (Å²) in [5.41, 5.74) is 55.6. The molecule has 0 rings (SSSR count). The van der Waals surface area contributed by atoms with Crippen molar-refractivity contribution < 1.29 is 38.4 Å². The Labute approximate surface area is 449 Å². The molecule has 0 aliphatic rings. The molecule has 0 spiro atoms. The van der Waals surface area contributed by atoms with Crippen LogP contribution in [0.3, 0.4) is 0 Å². The maximum absolute atomic E-state index is 14.6. The van der Waals surface area contributed by atoms with Crippen molar-refractivity contribution in [2.75, 3.05) is 39.8 Å². The molecule has 0 heterocycles. The van der Waals surface area contributed by atoms with Gasteiger partial charge in [-0.15, -0.1) is 0 Å². The first-order chi connectivity index (χ1) is 35.7. The van der Waals surface area contributed by atoms with Crippen LogP contribution in [0.4, 0.5) is 0 Å². The molecule has 0 bridgehead atoms. The summed E-state index contributed by atoms with van der Waals surface area (Å²) < 4.78 is 0. The maximum atomic E-state index is 14.6. The van der Waals surface area contributed by atoms with E-state index in [0.29, 0.717) is 45.2 Å². The van der Waals surface area contributed by atoms with E-state index in [-0.39, 0.29) is 138 Å². The van der Waals surface area contributed by atoms with E-state index in [1.165, 1.54) is 6.92 Å². The predicted octanol–water partition coefficient (Wildman–Crippen LogP) is -1.73. The number of Topliss-reactive ketones (excluding diaryl/α,β-unsaturated/α-hetero) is 4. The van der Waals surface area contributed by atoms with Crippen LogP contribution < -0.4 is 78.6 Å². The Kier molecular flexibility index (Phi) is 35.7. The molecule has 0 saturated heterocycles. The number of rotatable bonds is 44. The average Bonchev–Trinajstić information content (AvgIpc) is 3.32. The number of amides is 4. The van der Waals surface area contributed by atoms with Crippen LogP contribution in [0.1, 0.15) is 144 Å². The van der Waals surface area contributed by atoms with Crippen molar-refractivity contribution in [2.45, 2.75) is 168 Å². The molecule has 0 aromatic heterocycles. The lowest BCUT2D eigenvalue weighted by atomic mass is 9.87. The molecule has 26 heteroatoms. The summed E-state index contributed by atoms with van der Waals surface area (Å²) in [6.07, 6.45) is 2.72. The number of guanidine groups is 4. The van der Waals surface area contributed by atoms with E-state index in [9.17, 15) is 38.4 Å². The average molecular weight is 1080 g/mol. The molecule has 0 aromatic carbocycles. The fourth-order valence-corrected chi connectivity index (χ4v) is 8.50. The number of carbonyl (C=O) groups excluding carboxylic acids is 8. The SMILES string of the molecule is CN[C@@H](CCCN=C(N)N)C(=O)C[C@@H](CCCCN)C(=O)N[C@@H](CCCN=C(N)N)C(=O)C[C@@H](CCCN=C(N)N)C(=O)N[C@@H](CCCN=C(N)N)C(=O)C[C@@H](CC(C)C)C(=O)N[C@@H](CC(C)C)C(=O)C[C@@H](C)C(N)=O. The number of primary amides is 1. The molecule has 8 atom stereocenters. The van der Waals surface area contributed by atoms with Crippen molar-refractivity contribution in [1.29, 1.82) is 0 Å². The third-order valence-corrected chi connectivity index (χ3v) is 12.6. The van der Waals surface area contributed by atoms with E-state index >= 15 is 0 Å². The van der Waals surface area contributed by atoms with Gasteiger partial charge in [0, 0.05) is 75.5 Å². The van der Waals surface area contributed by atoms with Gasteiger partial charge in [0.05, 0.1) is 24.2 Å². The summed E-state index contributed by atoms with van der Waals surface area (Å²) in [7, 11) is 1.64. The molecule has 0 aromatic rings. The Balaban J connectivity index is 7.11. The largest absolute Gasteiger partial charge is 0.370 e. The summed E-state index contributed by atoms with van der Waals surface area (Å²) in [5, 5.41) is 11.6. The van der Waals surface area contributed by atoms with Crippen LogP contribution in [0.25, 0.3) is 0 Å². The summed E-state index contributed by atoms with van der Waals surface area (Å²) >= 11 is 0. The second kappa shape index (κ2) is 39.0. The highest BCUT2D eigenvalue weighted by atomic mass is 16.2. The van der Waals surface area contributed by atoms with E-state index in [1.54, 1.807) is 7.05 Å². The van der Waals surface area contributed by atoms with Crippen LogP contribution in [0.15, 0.2) is 20.0 Å². The molecular weight excluding hydrogens is 981 g/mol. The number of nitrogens with two attached hydrogens (primary N) is 10. The van der Waals surface area contributed by atoms with Gasteiger partial charge in [-0.05, 0) is 102 Å². The van der Waals surface area contributed by atoms with Crippen LogP contribution >= 0.6 is 0 Å². The summed E-state index contributed by atoms with van der Waals surface area (Å²) in [4.78, 5) is 127. The van der Waals surface area contributed by atoms with Gasteiger partial charge in [0.1, 0.15) is 0 Å². The normalized spacial score (nSPS) is 14.3. The molecule has 26 nitrogen and oxygen atoms in total. The van der Waals surface area contributed by atoms with Gasteiger partial charge in [-0.1, -0.05) is 41.0 Å². The third-order valence-electron chi connectivity index (χ3n) is 12.6. The smallest absolute Gasteiger partial charge is 0.224 e. The topological polar surface area (TPSA) is 494 Å². The summed E-state index contributed by atoms with van der Waals surface area (Å²) in [6.45, 7) is 10.1. The standard InChI is InChI=1S/C50H96N18O8/c1-29(2)23-34(46(76)68-38(24-30(3)4)39(69)25-31(5)43(52)73)28-42(72)37(17-12-22-65-50(59)60)67-45(75)33(14-9-19-62-47(53)54)27-41(71)36(16-11-21-64-49(57)58)66-44(74)32(13-7-8-18-51)26-40(70)35(61-6)15-10-20-63-48(55)56/h29-38,61H,7-28,51H2,1-6H3,(H2,52,73)(H,66,74)(H,67,75)(H,68,76)(H4,53,54,62)(H4,55,56,63)(H4,57,58,64)(H4,59,60,65)/t31-,32-,33-,34-,35+,36+,37+,38+/m1/s1. The van der Waals surface area contributed by atoms with Gasteiger partial charge in [0.15, 0.2) is 47.0 Å². The number of nitrogens with one attached hydrogen (secondary N) is 4. The fourth-order valence-electron chi connectivity index (χ4n) is 8.50. The van der Waals surface area contributed by atoms with Crippen molar-refractivity contribution in [3.8, 4) is 0 Å². The third kappa shape index (κ3) is 32.1. The Hall–Kier alpha value is -6.44. The zero-order chi connectivity index (χ0) is 57.9. The van der Waals surface area contributed by atoms with Crippen molar-refractivity contribution in [3.63, 3.8) is 0 Å². The first-order valence-corrected chi connectivity index (χ1v) is 26.6. The van der Waals surface area contributed by atoms with Crippen LogP contribution in [0.2, 0.25) is 0 Å². The van der Waals surface area contributed by atoms with Crippen LogP contribution in [-0.2, 0) is 38.4 Å². The van der Waals surface area contributed by atoms with E-state index in [2.05, 4.69) is 41.2 Å². The minimum Gasteiger partial charge on any atom is -0.370 e. The van der Waals surface area contributed by atoms with Gasteiger partial charge in [-0.25, -0.2) is 0 Å². The van der Waals surface area contributed by atoms with Gasteiger partial charge >= 0.3 is 0 Å². The number of aliphatic imine (C=N–C) groups is 4. The molecule has 0 fully saturated rings.